The second-order valence-electron chi connectivity index (χ2n) is 4.13. The van der Waals surface area contributed by atoms with Crippen molar-refractivity contribution in [3.05, 3.63) is 0 Å². The number of alkyl halides is 1. The minimum atomic E-state index is -1.98. The molecule has 0 aliphatic rings. The molecule has 0 aliphatic heterocycles. The topological polar surface area (TPSA) is 18.5 Å². The first-order valence-electron chi connectivity index (χ1n) is 5.37. The second kappa shape index (κ2) is 6.98. The van der Waals surface area contributed by atoms with Gasteiger partial charge in [0.15, 0.2) is 0 Å². The van der Waals surface area contributed by atoms with Crippen LogP contribution in [0.3, 0.4) is 0 Å². The minimum Gasteiger partial charge on any atom is -0.391 e. The lowest BCUT2D eigenvalue weighted by molar-refractivity contribution is 0.109. The Kier molecular flexibility index (Phi) is 7.29. The molecule has 14 heavy (non-hydrogen) atoms. The van der Waals surface area contributed by atoms with Crippen molar-refractivity contribution in [1.29, 1.82) is 0 Å². The van der Waals surface area contributed by atoms with Crippen LogP contribution in [0.15, 0.2) is 0 Å². The molecule has 0 aromatic carbocycles. The van der Waals surface area contributed by atoms with E-state index in [1.807, 2.05) is 0 Å². The molecule has 0 amide bonds. The molecule has 0 atom stereocenters. The van der Waals surface area contributed by atoms with Crippen LogP contribution in [0.25, 0.3) is 0 Å². The van der Waals surface area contributed by atoms with Crippen molar-refractivity contribution < 1.29 is 8.85 Å². The van der Waals surface area contributed by atoms with Gasteiger partial charge in [0, 0.05) is 17.2 Å². The summed E-state index contributed by atoms with van der Waals surface area (Å²) in [6.45, 7) is 10.5. The minimum absolute atomic E-state index is 0.254. The van der Waals surface area contributed by atoms with E-state index in [-0.39, 0.29) is 12.2 Å². The van der Waals surface area contributed by atoms with Crippen LogP contribution in [0.1, 0.15) is 41.0 Å². The standard InChI is InChI=1S/C10H23BrO2Si/c1-6-7-14(8-11,12-9(2)3)13-10(4)5/h9-10H,6-8H2,1-5H3. The molecule has 4 heteroatoms. The summed E-state index contributed by atoms with van der Waals surface area (Å²) in [5.74, 6) is 0. The van der Waals surface area contributed by atoms with Crippen molar-refractivity contribution in [3.63, 3.8) is 0 Å². The van der Waals surface area contributed by atoms with Gasteiger partial charge in [-0.2, -0.15) is 0 Å². The van der Waals surface area contributed by atoms with E-state index in [0.717, 1.165) is 17.4 Å². The summed E-state index contributed by atoms with van der Waals surface area (Å²) in [4.78, 5) is 0.865. The van der Waals surface area contributed by atoms with Gasteiger partial charge < -0.3 is 8.85 Å². The zero-order chi connectivity index (χ0) is 11.2. The van der Waals surface area contributed by atoms with Crippen LogP contribution in [-0.4, -0.2) is 25.7 Å². The van der Waals surface area contributed by atoms with Crippen LogP contribution in [0.5, 0.6) is 0 Å². The first kappa shape index (κ1) is 14.6. The zero-order valence-corrected chi connectivity index (χ0v) is 12.6. The zero-order valence-electron chi connectivity index (χ0n) is 9.97. The van der Waals surface area contributed by atoms with Crippen LogP contribution in [0.2, 0.25) is 6.04 Å². The summed E-state index contributed by atoms with van der Waals surface area (Å²) in [6.07, 6.45) is 1.63. The average Bonchev–Trinajstić information content (AvgIpc) is 2.02. The number of rotatable bonds is 7. The third-order valence-electron chi connectivity index (χ3n) is 1.74. The van der Waals surface area contributed by atoms with Crippen LogP contribution >= 0.6 is 15.9 Å². The molecule has 0 spiro atoms. The van der Waals surface area contributed by atoms with Gasteiger partial charge in [-0.05, 0) is 33.7 Å². The van der Waals surface area contributed by atoms with E-state index >= 15 is 0 Å². The van der Waals surface area contributed by atoms with Crippen LogP contribution in [0, 0.1) is 0 Å². The first-order chi connectivity index (χ1) is 6.45. The second-order valence-corrected chi connectivity index (χ2v) is 8.87. The first-order valence-corrected chi connectivity index (χ1v) is 8.72. The Balaban J connectivity index is 4.42. The van der Waals surface area contributed by atoms with E-state index < -0.39 is 8.56 Å². The van der Waals surface area contributed by atoms with Crippen molar-refractivity contribution in [2.75, 3.05) is 4.95 Å². The van der Waals surface area contributed by atoms with Gasteiger partial charge in [0.25, 0.3) is 0 Å². The predicted molar refractivity (Wildman–Crippen MR) is 67.1 cm³/mol. The van der Waals surface area contributed by atoms with Crippen molar-refractivity contribution in [2.24, 2.45) is 0 Å². The largest absolute Gasteiger partial charge is 0.391 e. The van der Waals surface area contributed by atoms with Gasteiger partial charge in [-0.1, -0.05) is 29.3 Å². The molecule has 0 unspecified atom stereocenters. The van der Waals surface area contributed by atoms with E-state index in [0.29, 0.717) is 0 Å². The number of hydrogen-bond donors (Lipinski definition) is 0. The SMILES string of the molecule is CCC[Si](CBr)(OC(C)C)OC(C)C. The van der Waals surface area contributed by atoms with Gasteiger partial charge in [-0.15, -0.1) is 0 Å². The fourth-order valence-electron chi connectivity index (χ4n) is 1.52. The summed E-state index contributed by atoms with van der Waals surface area (Å²) in [5.41, 5.74) is 0. The summed E-state index contributed by atoms with van der Waals surface area (Å²) in [6, 6.07) is 1.06. The Bertz CT molecular complexity index is 141. The van der Waals surface area contributed by atoms with E-state index in [9.17, 15) is 0 Å². The summed E-state index contributed by atoms with van der Waals surface area (Å²) < 4.78 is 12.0. The normalized spacial score (nSPS) is 12.9. The van der Waals surface area contributed by atoms with Crippen molar-refractivity contribution in [2.45, 2.75) is 59.3 Å². The highest BCUT2D eigenvalue weighted by molar-refractivity contribution is 9.09. The lowest BCUT2D eigenvalue weighted by Crippen LogP contribution is -2.48. The molecule has 86 valence electrons. The Morgan fingerprint density at radius 2 is 1.50 bits per heavy atom. The van der Waals surface area contributed by atoms with Gasteiger partial charge in [0.05, 0.1) is 0 Å². The predicted octanol–water partition coefficient (Wildman–Crippen LogP) is 3.62. The lowest BCUT2D eigenvalue weighted by atomic mass is 10.5. The van der Waals surface area contributed by atoms with Gasteiger partial charge >= 0.3 is 8.56 Å². The van der Waals surface area contributed by atoms with E-state index in [2.05, 4.69) is 50.5 Å². The molecule has 0 bridgehead atoms. The van der Waals surface area contributed by atoms with Crippen molar-refractivity contribution in [3.8, 4) is 0 Å². The monoisotopic (exact) mass is 282 g/mol. The Morgan fingerprint density at radius 3 is 1.71 bits per heavy atom. The van der Waals surface area contributed by atoms with E-state index in [1.165, 1.54) is 0 Å². The van der Waals surface area contributed by atoms with Gasteiger partial charge in [0.1, 0.15) is 0 Å². The maximum absolute atomic E-state index is 6.01. The number of hydrogen-bond acceptors (Lipinski definition) is 2. The van der Waals surface area contributed by atoms with Crippen molar-refractivity contribution in [1.82, 2.24) is 0 Å². The highest BCUT2D eigenvalue weighted by Crippen LogP contribution is 2.22. The van der Waals surface area contributed by atoms with Crippen LogP contribution < -0.4 is 0 Å². The smallest absolute Gasteiger partial charge is 0.349 e. The molecule has 0 saturated heterocycles. The summed E-state index contributed by atoms with van der Waals surface area (Å²) >= 11 is 3.54. The highest BCUT2D eigenvalue weighted by Gasteiger charge is 2.37. The fraction of sp³-hybridized carbons (Fsp3) is 1.00. The van der Waals surface area contributed by atoms with Gasteiger partial charge in [-0.3, -0.25) is 0 Å². The maximum Gasteiger partial charge on any atom is 0.349 e. The molecule has 0 N–H and O–H groups in total. The Hall–Kier alpha value is 0.617. The molecule has 0 aromatic rings. The van der Waals surface area contributed by atoms with Crippen LogP contribution in [-0.2, 0) is 8.85 Å². The van der Waals surface area contributed by atoms with E-state index in [4.69, 9.17) is 8.85 Å². The fourth-order valence-corrected chi connectivity index (χ4v) is 6.18. The molecule has 2 nitrogen and oxygen atoms in total. The Morgan fingerprint density at radius 1 is 1.07 bits per heavy atom. The third kappa shape index (κ3) is 5.49. The molecule has 0 radical (unpaired) electrons. The highest BCUT2D eigenvalue weighted by atomic mass is 79.9. The van der Waals surface area contributed by atoms with Gasteiger partial charge in [0.2, 0.25) is 0 Å². The van der Waals surface area contributed by atoms with E-state index in [1.54, 1.807) is 0 Å². The molecule has 0 aromatic heterocycles. The Labute approximate surface area is 97.7 Å². The average molecular weight is 283 g/mol. The molecule has 0 rings (SSSR count). The number of halogens is 1. The molecular weight excluding hydrogens is 260 g/mol. The maximum atomic E-state index is 6.01. The van der Waals surface area contributed by atoms with Crippen molar-refractivity contribution >= 4 is 24.5 Å². The molecule has 0 heterocycles. The lowest BCUT2D eigenvalue weighted by Gasteiger charge is -2.32. The molecular formula is C10H23BrO2Si. The summed E-state index contributed by atoms with van der Waals surface area (Å²) in [7, 11) is -1.98. The quantitative estimate of drug-likeness (QED) is 0.525. The molecule has 0 fully saturated rings. The third-order valence-corrected chi connectivity index (χ3v) is 7.77. The van der Waals surface area contributed by atoms with Crippen LogP contribution in [0.4, 0.5) is 0 Å². The molecule has 0 aliphatic carbocycles. The molecule has 0 saturated carbocycles. The van der Waals surface area contributed by atoms with Gasteiger partial charge in [-0.25, -0.2) is 0 Å². The summed E-state index contributed by atoms with van der Waals surface area (Å²) in [5, 5.41) is 0.